The lowest BCUT2D eigenvalue weighted by Crippen LogP contribution is -2.57. The van der Waals surface area contributed by atoms with Gasteiger partial charge in [-0.15, -0.1) is 0 Å². The fraction of sp³-hybridized carbons (Fsp3) is 0.524. The highest BCUT2D eigenvalue weighted by molar-refractivity contribution is 5.74. The molecule has 27 heavy (non-hydrogen) atoms. The highest BCUT2D eigenvalue weighted by Crippen LogP contribution is 2.21. The number of carbonyl (C=O) groups is 1. The van der Waals surface area contributed by atoms with Crippen LogP contribution in [0.5, 0.6) is 0 Å². The summed E-state index contributed by atoms with van der Waals surface area (Å²) in [5.41, 5.74) is 4.19. The fourth-order valence-electron chi connectivity index (χ4n) is 4.37. The van der Waals surface area contributed by atoms with E-state index in [1.807, 2.05) is 46.8 Å². The first kappa shape index (κ1) is 18.0. The number of amides is 2. The van der Waals surface area contributed by atoms with Crippen molar-refractivity contribution in [2.75, 3.05) is 26.2 Å². The monoisotopic (exact) mass is 367 g/mol. The Balaban J connectivity index is 1.40. The van der Waals surface area contributed by atoms with Gasteiger partial charge in [0.1, 0.15) is 0 Å². The number of nitrogens with zero attached hydrogens (tertiary/aromatic N) is 4. The van der Waals surface area contributed by atoms with Gasteiger partial charge in [-0.25, -0.2) is 9.48 Å². The lowest BCUT2D eigenvalue weighted by molar-refractivity contribution is 0.0642. The summed E-state index contributed by atoms with van der Waals surface area (Å²) in [5.74, 6) is 0. The fourth-order valence-corrected chi connectivity index (χ4v) is 4.37. The molecule has 1 aromatic heterocycles. The van der Waals surface area contributed by atoms with E-state index in [9.17, 15) is 4.79 Å². The minimum Gasteiger partial charge on any atom is -0.334 e. The summed E-state index contributed by atoms with van der Waals surface area (Å²) in [6.45, 7) is 8.47. The summed E-state index contributed by atoms with van der Waals surface area (Å²) in [6, 6.07) is 10.7. The number of piperazine rings is 1. The summed E-state index contributed by atoms with van der Waals surface area (Å²) in [5, 5.41) is 7.80. The van der Waals surface area contributed by atoms with Gasteiger partial charge < -0.3 is 10.2 Å². The highest BCUT2D eigenvalue weighted by Gasteiger charge is 2.31. The van der Waals surface area contributed by atoms with Crippen LogP contribution >= 0.6 is 0 Å². The van der Waals surface area contributed by atoms with E-state index in [1.165, 1.54) is 25.8 Å². The molecule has 0 spiro atoms. The Morgan fingerprint density at radius 2 is 1.96 bits per heavy atom. The first-order valence-electron chi connectivity index (χ1n) is 10.0. The zero-order valence-electron chi connectivity index (χ0n) is 16.3. The number of benzene rings is 1. The average molecular weight is 367 g/mol. The second-order valence-electron chi connectivity index (χ2n) is 7.69. The number of nitrogens with one attached hydrogen (secondary N) is 1. The van der Waals surface area contributed by atoms with E-state index in [0.717, 1.165) is 42.3 Å². The molecule has 144 valence electrons. The van der Waals surface area contributed by atoms with Crippen molar-refractivity contribution in [2.24, 2.45) is 0 Å². The normalized spacial score (nSPS) is 20.4. The molecule has 0 saturated carbocycles. The number of piperidine rings is 1. The van der Waals surface area contributed by atoms with E-state index in [-0.39, 0.29) is 6.03 Å². The SMILES string of the molecule is Cc1nn(-c2ccccc2)c(C)c1CNC(=O)N1CCN2CCCC[C@H]2C1. The summed E-state index contributed by atoms with van der Waals surface area (Å²) >= 11 is 0. The summed E-state index contributed by atoms with van der Waals surface area (Å²) in [7, 11) is 0. The van der Waals surface area contributed by atoms with Gasteiger partial charge in [-0.2, -0.15) is 5.10 Å². The molecule has 1 N–H and O–H groups in total. The topological polar surface area (TPSA) is 53.4 Å². The Hall–Kier alpha value is -2.34. The van der Waals surface area contributed by atoms with Gasteiger partial charge >= 0.3 is 6.03 Å². The molecule has 2 aromatic rings. The van der Waals surface area contributed by atoms with Gasteiger partial charge in [0.15, 0.2) is 0 Å². The van der Waals surface area contributed by atoms with E-state index in [1.54, 1.807) is 0 Å². The molecule has 6 heteroatoms. The number of hydrogen-bond donors (Lipinski definition) is 1. The molecule has 1 aromatic carbocycles. The van der Waals surface area contributed by atoms with E-state index in [2.05, 4.69) is 22.2 Å². The molecular weight excluding hydrogens is 338 g/mol. The number of rotatable bonds is 3. The molecule has 2 amide bonds. The number of urea groups is 1. The highest BCUT2D eigenvalue weighted by atomic mass is 16.2. The van der Waals surface area contributed by atoms with Crippen molar-refractivity contribution in [3.8, 4) is 5.69 Å². The quantitative estimate of drug-likeness (QED) is 0.908. The Kier molecular flexibility index (Phi) is 5.16. The van der Waals surface area contributed by atoms with E-state index < -0.39 is 0 Å². The second kappa shape index (κ2) is 7.72. The predicted molar refractivity (Wildman–Crippen MR) is 106 cm³/mol. The first-order valence-corrected chi connectivity index (χ1v) is 10.0. The van der Waals surface area contributed by atoms with Gasteiger partial charge in [0, 0.05) is 43.5 Å². The van der Waals surface area contributed by atoms with Crippen LogP contribution < -0.4 is 5.32 Å². The van der Waals surface area contributed by atoms with Gasteiger partial charge in [0.05, 0.1) is 11.4 Å². The van der Waals surface area contributed by atoms with Gasteiger partial charge in [-0.3, -0.25) is 4.90 Å². The van der Waals surface area contributed by atoms with Crippen LogP contribution in [0.1, 0.15) is 36.2 Å². The maximum Gasteiger partial charge on any atom is 0.317 e. The number of para-hydroxylation sites is 1. The smallest absolute Gasteiger partial charge is 0.317 e. The lowest BCUT2D eigenvalue weighted by atomic mass is 10.00. The van der Waals surface area contributed by atoms with E-state index in [0.29, 0.717) is 12.6 Å². The Labute approximate surface area is 161 Å². The molecule has 2 saturated heterocycles. The maximum absolute atomic E-state index is 12.7. The van der Waals surface area contributed by atoms with Crippen LogP contribution in [-0.2, 0) is 6.54 Å². The molecule has 0 radical (unpaired) electrons. The zero-order valence-corrected chi connectivity index (χ0v) is 16.3. The van der Waals surface area contributed by atoms with Gasteiger partial charge in [0.2, 0.25) is 0 Å². The Bertz CT molecular complexity index is 800. The lowest BCUT2D eigenvalue weighted by Gasteiger charge is -2.43. The number of hydrogen-bond acceptors (Lipinski definition) is 3. The minimum atomic E-state index is 0.0477. The van der Waals surface area contributed by atoms with Crippen molar-refractivity contribution in [1.29, 1.82) is 0 Å². The number of fused-ring (bicyclic) bond motifs is 1. The molecule has 3 heterocycles. The summed E-state index contributed by atoms with van der Waals surface area (Å²) < 4.78 is 1.96. The molecule has 1 atom stereocenters. The molecule has 4 rings (SSSR count). The van der Waals surface area contributed by atoms with Crippen LogP contribution in [0, 0.1) is 13.8 Å². The molecule has 0 unspecified atom stereocenters. The molecule has 6 nitrogen and oxygen atoms in total. The van der Waals surface area contributed by atoms with Crippen molar-refractivity contribution in [3.05, 3.63) is 47.3 Å². The third kappa shape index (κ3) is 3.72. The minimum absolute atomic E-state index is 0.0477. The summed E-state index contributed by atoms with van der Waals surface area (Å²) in [4.78, 5) is 17.2. The molecule has 2 aliphatic heterocycles. The van der Waals surface area contributed by atoms with Crippen molar-refractivity contribution in [2.45, 2.75) is 45.7 Å². The van der Waals surface area contributed by atoms with Crippen molar-refractivity contribution >= 4 is 6.03 Å². The van der Waals surface area contributed by atoms with E-state index >= 15 is 0 Å². The zero-order chi connectivity index (χ0) is 18.8. The van der Waals surface area contributed by atoms with Crippen molar-refractivity contribution in [3.63, 3.8) is 0 Å². The Morgan fingerprint density at radius 3 is 2.78 bits per heavy atom. The summed E-state index contributed by atoms with van der Waals surface area (Å²) in [6.07, 6.45) is 3.80. The standard InChI is InChI=1S/C21H29N5O/c1-16-20(17(2)26(23-16)18-8-4-3-5-9-18)14-22-21(27)25-13-12-24-11-7-6-10-19(24)15-25/h3-5,8-9,19H,6-7,10-15H2,1-2H3,(H,22,27)/t19-/m0/s1. The van der Waals surface area contributed by atoms with Crippen LogP contribution in [0.4, 0.5) is 4.79 Å². The molecule has 0 bridgehead atoms. The molecule has 0 aliphatic carbocycles. The number of aromatic nitrogens is 2. The maximum atomic E-state index is 12.7. The Morgan fingerprint density at radius 1 is 1.15 bits per heavy atom. The van der Waals surface area contributed by atoms with Crippen molar-refractivity contribution < 1.29 is 4.79 Å². The van der Waals surface area contributed by atoms with E-state index in [4.69, 9.17) is 0 Å². The van der Waals surface area contributed by atoms with Gasteiger partial charge in [-0.1, -0.05) is 24.6 Å². The largest absolute Gasteiger partial charge is 0.334 e. The van der Waals surface area contributed by atoms with Crippen LogP contribution in [0.15, 0.2) is 30.3 Å². The van der Waals surface area contributed by atoms with Gasteiger partial charge in [0.25, 0.3) is 0 Å². The number of aryl methyl sites for hydroxylation is 1. The van der Waals surface area contributed by atoms with Crippen molar-refractivity contribution in [1.82, 2.24) is 24.9 Å². The third-order valence-electron chi connectivity index (χ3n) is 5.98. The molecule has 2 fully saturated rings. The van der Waals surface area contributed by atoms with Crippen LogP contribution in [0.25, 0.3) is 5.69 Å². The van der Waals surface area contributed by atoms with Crippen LogP contribution in [-0.4, -0.2) is 57.8 Å². The average Bonchev–Trinajstić information content (AvgIpc) is 3.00. The van der Waals surface area contributed by atoms with Gasteiger partial charge in [-0.05, 0) is 45.4 Å². The third-order valence-corrected chi connectivity index (χ3v) is 5.98. The van der Waals surface area contributed by atoms with Crippen LogP contribution in [0.3, 0.4) is 0 Å². The first-order chi connectivity index (χ1) is 13.1. The predicted octanol–water partition coefficient (Wildman–Crippen LogP) is 2.87. The molecule has 2 aliphatic rings. The van der Waals surface area contributed by atoms with Crippen LogP contribution in [0.2, 0.25) is 0 Å². The second-order valence-corrected chi connectivity index (χ2v) is 7.69. The molecular formula is C21H29N5O. The number of carbonyl (C=O) groups excluding carboxylic acids is 1.